The topological polar surface area (TPSA) is 44.8 Å². The minimum atomic E-state index is -0.144. The van der Waals surface area contributed by atoms with Crippen molar-refractivity contribution >= 4 is 22.9 Å². The minimum Gasteiger partial charge on any atom is -0.497 e. The van der Waals surface area contributed by atoms with E-state index in [0.29, 0.717) is 0 Å². The van der Waals surface area contributed by atoms with Gasteiger partial charge < -0.3 is 10.1 Å². The molecule has 1 saturated heterocycles. The molecular formula is C19H25N3O2S. The zero-order chi connectivity index (χ0) is 17.6. The maximum absolute atomic E-state index is 12.5. The van der Waals surface area contributed by atoms with Gasteiger partial charge in [0.1, 0.15) is 5.75 Å². The number of piperazine rings is 1. The molecule has 25 heavy (non-hydrogen) atoms. The molecule has 1 aromatic carbocycles. The van der Waals surface area contributed by atoms with Gasteiger partial charge in [0.2, 0.25) is 5.91 Å². The largest absolute Gasteiger partial charge is 0.497 e. The van der Waals surface area contributed by atoms with Crippen LogP contribution in [0, 0.1) is 0 Å². The highest BCUT2D eigenvalue weighted by Gasteiger charge is 2.25. The third-order valence-corrected chi connectivity index (χ3v) is 5.39. The number of hydrogen-bond donors (Lipinski definition) is 1. The van der Waals surface area contributed by atoms with Crippen molar-refractivity contribution in [3.8, 4) is 5.75 Å². The van der Waals surface area contributed by atoms with Crippen molar-refractivity contribution in [1.82, 2.24) is 9.80 Å². The van der Waals surface area contributed by atoms with Crippen LogP contribution in [-0.4, -0.2) is 55.0 Å². The highest BCUT2D eigenvalue weighted by Crippen LogP contribution is 2.18. The van der Waals surface area contributed by atoms with Crippen molar-refractivity contribution < 1.29 is 9.53 Å². The van der Waals surface area contributed by atoms with Crippen molar-refractivity contribution in [3.63, 3.8) is 0 Å². The van der Waals surface area contributed by atoms with Gasteiger partial charge in [0, 0.05) is 44.5 Å². The van der Waals surface area contributed by atoms with Crippen LogP contribution in [-0.2, 0) is 11.3 Å². The van der Waals surface area contributed by atoms with Crippen LogP contribution in [0.25, 0.3) is 0 Å². The summed E-state index contributed by atoms with van der Waals surface area (Å²) in [5, 5.41) is 7.31. The lowest BCUT2D eigenvalue weighted by atomic mass is 10.2. The van der Waals surface area contributed by atoms with E-state index in [1.807, 2.05) is 31.2 Å². The predicted molar refractivity (Wildman–Crippen MR) is 102 cm³/mol. The number of anilines is 1. The predicted octanol–water partition coefficient (Wildman–Crippen LogP) is 2.90. The molecule has 2 heterocycles. The molecule has 6 heteroatoms. The van der Waals surface area contributed by atoms with Gasteiger partial charge in [0.25, 0.3) is 0 Å². The Bertz CT molecular complexity index is 682. The number of thiophene rings is 1. The lowest BCUT2D eigenvalue weighted by Crippen LogP contribution is -2.52. The summed E-state index contributed by atoms with van der Waals surface area (Å²) in [4.78, 5) is 17.2. The monoisotopic (exact) mass is 359 g/mol. The molecule has 0 spiro atoms. The van der Waals surface area contributed by atoms with E-state index in [2.05, 4.69) is 31.9 Å². The number of amides is 1. The summed E-state index contributed by atoms with van der Waals surface area (Å²) >= 11 is 1.74. The zero-order valence-corrected chi connectivity index (χ0v) is 15.6. The molecule has 1 N–H and O–H groups in total. The number of carbonyl (C=O) groups is 1. The van der Waals surface area contributed by atoms with E-state index in [1.165, 1.54) is 5.56 Å². The van der Waals surface area contributed by atoms with Gasteiger partial charge in [0.05, 0.1) is 13.2 Å². The average Bonchev–Trinajstić information content (AvgIpc) is 3.15. The summed E-state index contributed by atoms with van der Waals surface area (Å²) < 4.78 is 5.20. The van der Waals surface area contributed by atoms with Gasteiger partial charge in [-0.15, -0.1) is 0 Å². The van der Waals surface area contributed by atoms with Crippen molar-refractivity contribution in [1.29, 1.82) is 0 Å². The number of hydrogen-bond acceptors (Lipinski definition) is 5. The van der Waals surface area contributed by atoms with Crippen LogP contribution < -0.4 is 10.1 Å². The second-order valence-electron chi connectivity index (χ2n) is 6.34. The maximum Gasteiger partial charge on any atom is 0.241 e. The Morgan fingerprint density at radius 2 is 2.08 bits per heavy atom. The van der Waals surface area contributed by atoms with Gasteiger partial charge >= 0.3 is 0 Å². The fourth-order valence-electron chi connectivity index (χ4n) is 3.06. The first kappa shape index (κ1) is 17.9. The molecule has 5 nitrogen and oxygen atoms in total. The van der Waals surface area contributed by atoms with Crippen molar-refractivity contribution in [2.24, 2.45) is 0 Å². The first-order valence-corrected chi connectivity index (χ1v) is 9.52. The van der Waals surface area contributed by atoms with E-state index < -0.39 is 0 Å². The normalized spacial score (nSPS) is 17.2. The third-order valence-electron chi connectivity index (χ3n) is 4.66. The molecule has 0 bridgehead atoms. The maximum atomic E-state index is 12.5. The SMILES string of the molecule is COc1cccc(NC(=O)C(C)N2CCN(Cc3ccsc3)CC2)c1. The molecule has 2 aromatic rings. The first-order valence-electron chi connectivity index (χ1n) is 8.58. The van der Waals surface area contributed by atoms with E-state index in [0.717, 1.165) is 44.2 Å². The summed E-state index contributed by atoms with van der Waals surface area (Å²) in [6.45, 7) is 6.79. The van der Waals surface area contributed by atoms with Gasteiger partial charge in [-0.25, -0.2) is 0 Å². The Labute approximate surface area is 153 Å². The number of ether oxygens (including phenoxy) is 1. The molecule has 0 radical (unpaired) electrons. The van der Waals surface area contributed by atoms with Crippen LogP contribution in [0.1, 0.15) is 12.5 Å². The van der Waals surface area contributed by atoms with E-state index >= 15 is 0 Å². The number of methoxy groups -OCH3 is 1. The molecule has 0 aliphatic carbocycles. The molecule has 0 saturated carbocycles. The fourth-order valence-corrected chi connectivity index (χ4v) is 3.72. The van der Waals surface area contributed by atoms with E-state index in [9.17, 15) is 4.79 Å². The van der Waals surface area contributed by atoms with E-state index in [1.54, 1.807) is 18.4 Å². The summed E-state index contributed by atoms with van der Waals surface area (Å²) in [5.74, 6) is 0.770. The Kier molecular flexibility index (Phi) is 6.07. The van der Waals surface area contributed by atoms with Crippen LogP contribution >= 0.6 is 11.3 Å². The quantitative estimate of drug-likeness (QED) is 0.861. The van der Waals surface area contributed by atoms with Gasteiger partial charge in [-0.3, -0.25) is 14.6 Å². The Balaban J connectivity index is 1.49. The van der Waals surface area contributed by atoms with Gasteiger partial charge in [-0.2, -0.15) is 11.3 Å². The molecule has 1 fully saturated rings. The van der Waals surface area contributed by atoms with Gasteiger partial charge in [-0.05, 0) is 41.4 Å². The molecule has 1 aliphatic heterocycles. The summed E-state index contributed by atoms with van der Waals surface area (Å²) in [6, 6.07) is 9.50. The number of rotatable bonds is 6. The molecule has 134 valence electrons. The third kappa shape index (κ3) is 4.81. The van der Waals surface area contributed by atoms with Crippen LogP contribution in [0.15, 0.2) is 41.1 Å². The molecule has 3 rings (SSSR count). The zero-order valence-electron chi connectivity index (χ0n) is 14.8. The first-order chi connectivity index (χ1) is 12.2. The molecule has 1 atom stereocenters. The van der Waals surface area contributed by atoms with Crippen LogP contribution in [0.5, 0.6) is 5.75 Å². The summed E-state index contributed by atoms with van der Waals surface area (Å²) in [7, 11) is 1.62. The molecule has 1 unspecified atom stereocenters. The van der Waals surface area contributed by atoms with Crippen molar-refractivity contribution in [2.75, 3.05) is 38.6 Å². The molecular weight excluding hydrogens is 334 g/mol. The standard InChI is InChI=1S/C19H25N3O2S/c1-15(19(23)20-17-4-3-5-18(12-17)24-2)22-9-7-21(8-10-22)13-16-6-11-25-14-16/h3-6,11-12,14-15H,7-10,13H2,1-2H3,(H,20,23). The smallest absolute Gasteiger partial charge is 0.241 e. The van der Waals surface area contributed by atoms with Crippen molar-refractivity contribution in [3.05, 3.63) is 46.7 Å². The Morgan fingerprint density at radius 1 is 1.28 bits per heavy atom. The van der Waals surface area contributed by atoms with Crippen LogP contribution in [0.2, 0.25) is 0 Å². The number of nitrogens with one attached hydrogen (secondary N) is 1. The lowest BCUT2D eigenvalue weighted by molar-refractivity contribution is -0.121. The Hall–Kier alpha value is -1.89. The molecule has 1 aromatic heterocycles. The van der Waals surface area contributed by atoms with E-state index in [4.69, 9.17) is 4.74 Å². The van der Waals surface area contributed by atoms with Gasteiger partial charge in [-0.1, -0.05) is 6.07 Å². The van der Waals surface area contributed by atoms with Gasteiger partial charge in [0.15, 0.2) is 0 Å². The molecule has 1 aliphatic rings. The second kappa shape index (κ2) is 8.47. The van der Waals surface area contributed by atoms with Crippen LogP contribution in [0.4, 0.5) is 5.69 Å². The highest BCUT2D eigenvalue weighted by molar-refractivity contribution is 7.07. The molecule has 1 amide bonds. The minimum absolute atomic E-state index is 0.0273. The average molecular weight is 359 g/mol. The second-order valence-corrected chi connectivity index (χ2v) is 7.12. The summed E-state index contributed by atoms with van der Waals surface area (Å²) in [6.07, 6.45) is 0. The number of nitrogens with zero attached hydrogens (tertiary/aromatic N) is 2. The summed E-state index contributed by atoms with van der Waals surface area (Å²) in [5.41, 5.74) is 2.15. The lowest BCUT2D eigenvalue weighted by Gasteiger charge is -2.37. The van der Waals surface area contributed by atoms with E-state index in [-0.39, 0.29) is 11.9 Å². The Morgan fingerprint density at radius 3 is 2.76 bits per heavy atom. The number of carbonyl (C=O) groups excluding carboxylic acids is 1. The highest BCUT2D eigenvalue weighted by atomic mass is 32.1. The van der Waals surface area contributed by atoms with Crippen LogP contribution in [0.3, 0.4) is 0 Å². The number of benzene rings is 1. The van der Waals surface area contributed by atoms with Crippen molar-refractivity contribution in [2.45, 2.75) is 19.5 Å². The fraction of sp³-hybridized carbons (Fsp3) is 0.421.